The van der Waals surface area contributed by atoms with E-state index in [0.29, 0.717) is 26.2 Å². The van der Waals surface area contributed by atoms with Gasteiger partial charge in [-0.2, -0.15) is 0 Å². The second-order valence-electron chi connectivity index (χ2n) is 7.03. The van der Waals surface area contributed by atoms with Crippen molar-refractivity contribution in [2.45, 2.75) is 33.7 Å². The lowest BCUT2D eigenvalue weighted by Gasteiger charge is -2.28. The molecule has 5 heteroatoms. The molecule has 2 rings (SSSR count). The summed E-state index contributed by atoms with van der Waals surface area (Å²) in [6.45, 7) is 8.94. The highest BCUT2D eigenvalue weighted by atomic mass is 16.2. The van der Waals surface area contributed by atoms with Crippen molar-refractivity contribution in [3.63, 3.8) is 0 Å². The van der Waals surface area contributed by atoms with Gasteiger partial charge in [0.2, 0.25) is 5.91 Å². The maximum Gasteiger partial charge on any atom is 0.317 e. The fourth-order valence-electron chi connectivity index (χ4n) is 2.68. The second-order valence-corrected chi connectivity index (χ2v) is 7.03. The van der Waals surface area contributed by atoms with Crippen molar-refractivity contribution >= 4 is 11.9 Å². The molecule has 1 heterocycles. The lowest BCUT2D eigenvalue weighted by molar-refractivity contribution is -0.139. The number of hydrogen-bond donors (Lipinski definition) is 1. The molecule has 0 aromatic heterocycles. The number of carbonyl (C=O) groups is 2. The van der Waals surface area contributed by atoms with Gasteiger partial charge in [0.1, 0.15) is 0 Å². The molecule has 5 nitrogen and oxygen atoms in total. The van der Waals surface area contributed by atoms with Crippen molar-refractivity contribution in [2.75, 3.05) is 26.2 Å². The maximum atomic E-state index is 12.4. The summed E-state index contributed by atoms with van der Waals surface area (Å²) >= 11 is 0. The lowest BCUT2D eigenvalue weighted by atomic mass is 9.94. The quantitative estimate of drug-likeness (QED) is 0.911. The van der Waals surface area contributed by atoms with E-state index < -0.39 is 0 Å². The van der Waals surface area contributed by atoms with E-state index in [1.807, 2.05) is 56.0 Å². The summed E-state index contributed by atoms with van der Waals surface area (Å²) < 4.78 is 0. The van der Waals surface area contributed by atoms with Gasteiger partial charge in [-0.3, -0.25) is 4.79 Å². The molecule has 23 heavy (non-hydrogen) atoms. The van der Waals surface area contributed by atoms with Crippen LogP contribution in [-0.4, -0.2) is 47.9 Å². The summed E-state index contributed by atoms with van der Waals surface area (Å²) in [5.41, 5.74) is 0.713. The minimum Gasteiger partial charge on any atom is -0.340 e. The lowest BCUT2D eigenvalue weighted by Crippen LogP contribution is -2.44. The highest BCUT2D eigenvalue weighted by Gasteiger charge is 2.29. The van der Waals surface area contributed by atoms with Crippen molar-refractivity contribution in [1.82, 2.24) is 15.1 Å². The minimum atomic E-state index is -0.370. The predicted octanol–water partition coefficient (Wildman–Crippen LogP) is 2.48. The van der Waals surface area contributed by atoms with Gasteiger partial charge in [0.25, 0.3) is 0 Å². The molecule has 0 saturated carbocycles. The first-order chi connectivity index (χ1) is 10.9. The fourth-order valence-corrected chi connectivity index (χ4v) is 2.68. The first-order valence-electron chi connectivity index (χ1n) is 8.24. The van der Waals surface area contributed by atoms with E-state index in [0.717, 1.165) is 18.5 Å². The van der Waals surface area contributed by atoms with Gasteiger partial charge in [-0.05, 0) is 12.0 Å². The topological polar surface area (TPSA) is 52.7 Å². The van der Waals surface area contributed by atoms with Crippen LogP contribution in [0.2, 0.25) is 0 Å². The number of benzene rings is 1. The third kappa shape index (κ3) is 4.98. The highest BCUT2D eigenvalue weighted by Crippen LogP contribution is 2.18. The van der Waals surface area contributed by atoms with E-state index in [-0.39, 0.29) is 17.4 Å². The van der Waals surface area contributed by atoms with Gasteiger partial charge < -0.3 is 15.1 Å². The molecule has 1 aromatic rings. The van der Waals surface area contributed by atoms with Crippen molar-refractivity contribution in [2.24, 2.45) is 5.41 Å². The molecule has 1 aromatic carbocycles. The van der Waals surface area contributed by atoms with Crippen molar-refractivity contribution in [1.29, 1.82) is 0 Å². The Morgan fingerprint density at radius 2 is 1.61 bits per heavy atom. The van der Waals surface area contributed by atoms with Crippen LogP contribution in [0.4, 0.5) is 4.79 Å². The molecule has 0 atom stereocenters. The van der Waals surface area contributed by atoms with Gasteiger partial charge in [0.05, 0.1) is 0 Å². The van der Waals surface area contributed by atoms with Crippen LogP contribution in [0.15, 0.2) is 30.3 Å². The third-order valence-electron chi connectivity index (χ3n) is 4.00. The number of urea groups is 1. The van der Waals surface area contributed by atoms with Crippen LogP contribution in [0.3, 0.4) is 0 Å². The van der Waals surface area contributed by atoms with Gasteiger partial charge in [-0.25, -0.2) is 4.79 Å². The Hall–Kier alpha value is -2.04. The average Bonchev–Trinajstić information content (AvgIpc) is 2.78. The second kappa shape index (κ2) is 7.49. The number of carbonyl (C=O) groups excluding carboxylic acids is 2. The standard InChI is InChI=1S/C18H27N3O2/c1-18(2,3)16(22)20-10-7-11-21(13-12-20)17(23)19-14-15-8-5-4-6-9-15/h4-6,8-9H,7,10-14H2,1-3H3,(H,19,23). The third-order valence-corrected chi connectivity index (χ3v) is 4.00. The molecule has 1 aliphatic heterocycles. The monoisotopic (exact) mass is 317 g/mol. The van der Waals surface area contributed by atoms with Crippen LogP contribution in [0, 0.1) is 5.41 Å². The van der Waals surface area contributed by atoms with E-state index in [4.69, 9.17) is 0 Å². The number of rotatable bonds is 2. The zero-order chi connectivity index (χ0) is 16.9. The Kier molecular flexibility index (Phi) is 5.64. The first-order valence-corrected chi connectivity index (χ1v) is 8.24. The van der Waals surface area contributed by atoms with Crippen LogP contribution in [0.5, 0.6) is 0 Å². The molecule has 0 spiro atoms. The Labute approximate surface area is 138 Å². The van der Waals surface area contributed by atoms with Gasteiger partial charge >= 0.3 is 6.03 Å². The molecule has 0 unspecified atom stereocenters. The molecule has 126 valence electrons. The number of amides is 3. The Morgan fingerprint density at radius 1 is 1.00 bits per heavy atom. The van der Waals surface area contributed by atoms with E-state index in [9.17, 15) is 9.59 Å². The largest absolute Gasteiger partial charge is 0.340 e. The molecular weight excluding hydrogens is 290 g/mol. The predicted molar refractivity (Wildman–Crippen MR) is 90.9 cm³/mol. The molecule has 3 amide bonds. The van der Waals surface area contributed by atoms with Gasteiger partial charge in [-0.15, -0.1) is 0 Å². The molecule has 0 bridgehead atoms. The summed E-state index contributed by atoms with van der Waals surface area (Å²) in [7, 11) is 0. The number of hydrogen-bond acceptors (Lipinski definition) is 2. The summed E-state index contributed by atoms with van der Waals surface area (Å²) in [4.78, 5) is 28.4. The summed E-state index contributed by atoms with van der Waals surface area (Å²) in [5, 5.41) is 2.95. The SMILES string of the molecule is CC(C)(C)C(=O)N1CCCN(C(=O)NCc2ccccc2)CC1. The molecular formula is C18H27N3O2. The molecule has 1 fully saturated rings. The average molecular weight is 317 g/mol. The van der Waals surface area contributed by atoms with Gasteiger partial charge in [0, 0.05) is 38.1 Å². The van der Waals surface area contributed by atoms with Crippen LogP contribution in [0.1, 0.15) is 32.8 Å². The maximum absolute atomic E-state index is 12.4. The molecule has 0 radical (unpaired) electrons. The van der Waals surface area contributed by atoms with E-state index in [2.05, 4.69) is 5.32 Å². The van der Waals surface area contributed by atoms with Crippen LogP contribution in [-0.2, 0) is 11.3 Å². The Balaban J connectivity index is 1.85. The number of nitrogens with zero attached hydrogens (tertiary/aromatic N) is 2. The molecule has 1 aliphatic rings. The zero-order valence-corrected chi connectivity index (χ0v) is 14.3. The fraction of sp³-hybridized carbons (Fsp3) is 0.556. The van der Waals surface area contributed by atoms with Gasteiger partial charge in [-0.1, -0.05) is 51.1 Å². The molecule has 0 aliphatic carbocycles. The van der Waals surface area contributed by atoms with E-state index in [1.165, 1.54) is 0 Å². The van der Waals surface area contributed by atoms with E-state index >= 15 is 0 Å². The van der Waals surface area contributed by atoms with Crippen LogP contribution >= 0.6 is 0 Å². The smallest absolute Gasteiger partial charge is 0.317 e. The minimum absolute atomic E-state index is 0.0566. The first kappa shape index (κ1) is 17.3. The molecule has 1 saturated heterocycles. The van der Waals surface area contributed by atoms with Crippen LogP contribution < -0.4 is 5.32 Å². The highest BCUT2D eigenvalue weighted by molar-refractivity contribution is 5.81. The van der Waals surface area contributed by atoms with Crippen LogP contribution in [0.25, 0.3) is 0 Å². The van der Waals surface area contributed by atoms with Crippen molar-refractivity contribution in [3.8, 4) is 0 Å². The molecule has 1 N–H and O–H groups in total. The van der Waals surface area contributed by atoms with E-state index in [1.54, 1.807) is 4.90 Å². The summed E-state index contributed by atoms with van der Waals surface area (Å²) in [6.07, 6.45) is 0.820. The summed E-state index contributed by atoms with van der Waals surface area (Å²) in [5.74, 6) is 0.157. The normalized spacial score (nSPS) is 16.0. The zero-order valence-electron chi connectivity index (χ0n) is 14.3. The summed E-state index contributed by atoms with van der Waals surface area (Å²) in [6, 6.07) is 9.81. The van der Waals surface area contributed by atoms with Crippen molar-refractivity contribution < 1.29 is 9.59 Å². The van der Waals surface area contributed by atoms with Crippen molar-refractivity contribution in [3.05, 3.63) is 35.9 Å². The van der Waals surface area contributed by atoms with Gasteiger partial charge in [0.15, 0.2) is 0 Å². The Morgan fingerprint density at radius 3 is 2.26 bits per heavy atom. The number of nitrogens with one attached hydrogen (secondary N) is 1. The Bertz CT molecular complexity index is 537.